The van der Waals surface area contributed by atoms with Crippen LogP contribution < -0.4 is 15.0 Å². The van der Waals surface area contributed by atoms with Crippen LogP contribution >= 0.6 is 27.5 Å². The number of aromatic nitrogens is 1. The number of piperazine rings is 1. The molecule has 0 radical (unpaired) electrons. The van der Waals surface area contributed by atoms with Gasteiger partial charge in [-0.1, -0.05) is 11.6 Å². The molecular formula is C20H22BrClFN5O. The summed E-state index contributed by atoms with van der Waals surface area (Å²) in [5.41, 5.74) is 1.13. The van der Waals surface area contributed by atoms with Gasteiger partial charge in [0.1, 0.15) is 23.8 Å². The molecule has 1 aromatic heterocycles. The number of fused-ring (bicyclic) bond motifs is 1. The summed E-state index contributed by atoms with van der Waals surface area (Å²) < 4.78 is 21.2. The normalized spacial score (nSPS) is 20.2. The minimum absolute atomic E-state index is 0.156. The smallest absolute Gasteiger partial charge is 0.234 e. The molecule has 2 aliphatic heterocycles. The van der Waals surface area contributed by atoms with E-state index < -0.39 is 5.82 Å². The molecule has 0 aliphatic carbocycles. The fraction of sp³-hybridized carbons (Fsp3) is 0.500. The van der Waals surface area contributed by atoms with E-state index in [1.807, 2.05) is 0 Å². The number of likely N-dealkylation sites (tertiary alicyclic amines) is 1. The highest BCUT2D eigenvalue weighted by atomic mass is 79.9. The van der Waals surface area contributed by atoms with Gasteiger partial charge in [0.05, 0.1) is 15.2 Å². The van der Waals surface area contributed by atoms with Gasteiger partial charge in [-0.15, -0.1) is 0 Å². The maximum atomic E-state index is 15.1. The number of nitrogens with zero attached hydrogens (tertiary/aromatic N) is 4. The quantitative estimate of drug-likeness (QED) is 0.673. The van der Waals surface area contributed by atoms with Crippen LogP contribution in [0.2, 0.25) is 5.02 Å². The molecule has 2 aliphatic rings. The number of rotatable bonds is 4. The Hall–Kier alpha value is -1.66. The largest absolute Gasteiger partial charge is 0.475 e. The lowest BCUT2D eigenvalue weighted by Gasteiger charge is -2.31. The SMILES string of the molecule is CN1CCCC1COc1nc2c(F)c(Br)c(Cl)cc2c(N2CCNCC2)c1C#N. The second kappa shape index (κ2) is 8.60. The molecule has 0 amide bonds. The molecule has 1 aromatic carbocycles. The Morgan fingerprint density at radius 3 is 2.83 bits per heavy atom. The minimum Gasteiger partial charge on any atom is -0.475 e. The van der Waals surface area contributed by atoms with Crippen LogP contribution in [0.1, 0.15) is 18.4 Å². The number of ether oxygens (including phenoxy) is 1. The van der Waals surface area contributed by atoms with Gasteiger partial charge in [0.25, 0.3) is 0 Å². The first kappa shape index (κ1) is 20.6. The maximum absolute atomic E-state index is 15.1. The first-order valence-corrected chi connectivity index (χ1v) is 10.9. The number of halogens is 3. The van der Waals surface area contributed by atoms with E-state index in [1.54, 1.807) is 6.07 Å². The summed E-state index contributed by atoms with van der Waals surface area (Å²) in [6, 6.07) is 4.19. The number of anilines is 1. The molecule has 2 saturated heterocycles. The molecule has 1 atom stereocenters. The van der Waals surface area contributed by atoms with Gasteiger partial charge in [-0.3, -0.25) is 0 Å². The van der Waals surface area contributed by atoms with Crippen LogP contribution in [0.25, 0.3) is 10.9 Å². The molecule has 4 rings (SSSR count). The van der Waals surface area contributed by atoms with Crippen molar-refractivity contribution in [2.75, 3.05) is 51.3 Å². The number of hydrogen-bond acceptors (Lipinski definition) is 6. The zero-order valence-electron chi connectivity index (χ0n) is 16.1. The molecule has 2 fully saturated rings. The molecule has 154 valence electrons. The van der Waals surface area contributed by atoms with E-state index in [0.717, 1.165) is 32.5 Å². The van der Waals surface area contributed by atoms with Crippen molar-refractivity contribution in [2.45, 2.75) is 18.9 Å². The Morgan fingerprint density at radius 2 is 2.17 bits per heavy atom. The average Bonchev–Trinajstić information content (AvgIpc) is 3.15. The van der Waals surface area contributed by atoms with Gasteiger partial charge in [0.15, 0.2) is 5.82 Å². The van der Waals surface area contributed by atoms with E-state index in [2.05, 4.69) is 49.1 Å². The third-order valence-electron chi connectivity index (χ3n) is 5.68. The van der Waals surface area contributed by atoms with Crippen molar-refractivity contribution in [1.82, 2.24) is 15.2 Å². The van der Waals surface area contributed by atoms with E-state index in [-0.39, 0.29) is 26.9 Å². The highest BCUT2D eigenvalue weighted by Crippen LogP contribution is 2.40. The van der Waals surface area contributed by atoms with Gasteiger partial charge in [-0.25, -0.2) is 9.37 Å². The van der Waals surface area contributed by atoms with Crippen molar-refractivity contribution in [3.63, 3.8) is 0 Å². The Labute approximate surface area is 182 Å². The van der Waals surface area contributed by atoms with Gasteiger partial charge >= 0.3 is 0 Å². The number of likely N-dealkylation sites (N-methyl/N-ethyl adjacent to an activating group) is 1. The molecule has 3 heterocycles. The monoisotopic (exact) mass is 481 g/mol. The minimum atomic E-state index is -0.545. The van der Waals surface area contributed by atoms with Crippen molar-refractivity contribution in [3.05, 3.63) is 26.9 Å². The zero-order valence-corrected chi connectivity index (χ0v) is 18.5. The highest BCUT2D eigenvalue weighted by Gasteiger charge is 2.27. The van der Waals surface area contributed by atoms with Gasteiger partial charge < -0.3 is 19.9 Å². The van der Waals surface area contributed by atoms with Crippen molar-refractivity contribution in [2.24, 2.45) is 0 Å². The molecule has 2 aromatic rings. The van der Waals surface area contributed by atoms with Crippen molar-refractivity contribution in [3.8, 4) is 11.9 Å². The highest BCUT2D eigenvalue weighted by molar-refractivity contribution is 9.10. The van der Waals surface area contributed by atoms with Crippen molar-refractivity contribution >= 4 is 44.1 Å². The van der Waals surface area contributed by atoms with Gasteiger partial charge in [-0.2, -0.15) is 5.26 Å². The van der Waals surface area contributed by atoms with E-state index in [0.29, 0.717) is 36.3 Å². The molecular weight excluding hydrogens is 461 g/mol. The summed E-state index contributed by atoms with van der Waals surface area (Å²) in [5.74, 6) is -0.363. The number of benzene rings is 1. The summed E-state index contributed by atoms with van der Waals surface area (Å²) in [6.45, 7) is 4.41. The lowest BCUT2D eigenvalue weighted by molar-refractivity contribution is 0.193. The Morgan fingerprint density at radius 1 is 1.41 bits per heavy atom. The number of nitrogens with one attached hydrogen (secondary N) is 1. The summed E-state index contributed by atoms with van der Waals surface area (Å²) in [6.07, 6.45) is 2.15. The van der Waals surface area contributed by atoms with E-state index in [1.165, 1.54) is 0 Å². The van der Waals surface area contributed by atoms with Crippen LogP contribution in [0.5, 0.6) is 5.88 Å². The molecule has 6 nitrogen and oxygen atoms in total. The Balaban J connectivity index is 1.85. The molecule has 1 unspecified atom stereocenters. The third-order valence-corrected chi connectivity index (χ3v) is 6.99. The maximum Gasteiger partial charge on any atom is 0.234 e. The van der Waals surface area contributed by atoms with E-state index in [4.69, 9.17) is 16.3 Å². The Kier molecular flexibility index (Phi) is 6.11. The number of hydrogen-bond donors (Lipinski definition) is 1. The first-order valence-electron chi connectivity index (χ1n) is 9.71. The van der Waals surface area contributed by atoms with Gasteiger partial charge in [0.2, 0.25) is 5.88 Å². The van der Waals surface area contributed by atoms with E-state index in [9.17, 15) is 5.26 Å². The number of pyridine rings is 1. The topological polar surface area (TPSA) is 64.4 Å². The van der Waals surface area contributed by atoms with E-state index >= 15 is 4.39 Å². The van der Waals surface area contributed by atoms with Crippen LogP contribution in [0.3, 0.4) is 0 Å². The molecule has 29 heavy (non-hydrogen) atoms. The summed E-state index contributed by atoms with van der Waals surface area (Å²) in [5, 5.41) is 14.0. The van der Waals surface area contributed by atoms with Crippen LogP contribution in [-0.2, 0) is 0 Å². The summed E-state index contributed by atoms with van der Waals surface area (Å²) in [4.78, 5) is 8.74. The van der Waals surface area contributed by atoms with Crippen molar-refractivity contribution < 1.29 is 9.13 Å². The molecule has 0 bridgehead atoms. The predicted octanol–water partition coefficient (Wildman–Crippen LogP) is 3.54. The van der Waals surface area contributed by atoms with Crippen molar-refractivity contribution in [1.29, 1.82) is 5.26 Å². The molecule has 0 spiro atoms. The van der Waals surface area contributed by atoms with Crippen LogP contribution in [0, 0.1) is 17.1 Å². The molecule has 0 saturated carbocycles. The van der Waals surface area contributed by atoms with Crippen LogP contribution in [0.15, 0.2) is 10.5 Å². The summed E-state index contributed by atoms with van der Waals surface area (Å²) >= 11 is 9.44. The second-order valence-corrected chi connectivity index (χ2v) is 8.66. The first-order chi connectivity index (χ1) is 14.0. The van der Waals surface area contributed by atoms with Crippen LogP contribution in [0.4, 0.5) is 10.1 Å². The standard InChI is InChI=1S/C20H22BrClFN5O/c1-27-6-2-3-12(27)11-29-20-14(10-24)19(28-7-4-25-5-8-28)13-9-15(22)16(21)17(23)18(13)26-20/h9,12,25H,2-8,11H2,1H3. The summed E-state index contributed by atoms with van der Waals surface area (Å²) in [7, 11) is 2.06. The lowest BCUT2D eigenvalue weighted by atomic mass is 10.1. The Bertz CT molecular complexity index is 976. The fourth-order valence-corrected chi connectivity index (χ4v) is 4.55. The fourth-order valence-electron chi connectivity index (χ4n) is 4.06. The number of nitriles is 1. The van der Waals surface area contributed by atoms with Gasteiger partial charge in [0, 0.05) is 37.6 Å². The second-order valence-electron chi connectivity index (χ2n) is 7.46. The predicted molar refractivity (Wildman–Crippen MR) is 115 cm³/mol. The third kappa shape index (κ3) is 3.89. The molecule has 1 N–H and O–H groups in total. The zero-order chi connectivity index (χ0) is 20.5. The lowest BCUT2D eigenvalue weighted by Crippen LogP contribution is -2.44. The van der Waals surface area contributed by atoms with Gasteiger partial charge in [-0.05, 0) is 48.4 Å². The molecule has 9 heteroatoms. The average molecular weight is 483 g/mol. The van der Waals surface area contributed by atoms with Crippen LogP contribution in [-0.4, -0.2) is 62.3 Å².